The van der Waals surface area contributed by atoms with Crippen LogP contribution in [0.5, 0.6) is 5.75 Å². The number of imidazole rings is 1. The predicted molar refractivity (Wildman–Crippen MR) is 120 cm³/mol. The molecule has 9 heteroatoms. The zero-order valence-electron chi connectivity index (χ0n) is 17.7. The molecule has 0 aliphatic heterocycles. The lowest BCUT2D eigenvalue weighted by Crippen LogP contribution is -2.39. The second-order valence-electron chi connectivity index (χ2n) is 7.00. The first-order valence-electron chi connectivity index (χ1n) is 10.1. The second-order valence-corrected chi connectivity index (χ2v) is 7.00. The number of fused-ring (bicyclic) bond motifs is 1. The van der Waals surface area contributed by atoms with Crippen molar-refractivity contribution in [2.75, 3.05) is 12.4 Å². The van der Waals surface area contributed by atoms with E-state index in [1.54, 1.807) is 20.2 Å². The number of aromatic amines is 1. The Morgan fingerprint density at radius 2 is 1.90 bits per heavy atom. The number of H-pyrrole nitrogens is 1. The Labute approximate surface area is 178 Å². The maximum absolute atomic E-state index is 12.7. The van der Waals surface area contributed by atoms with Gasteiger partial charge in [-0.1, -0.05) is 12.1 Å². The molecule has 31 heavy (non-hydrogen) atoms. The van der Waals surface area contributed by atoms with E-state index in [4.69, 9.17) is 4.74 Å². The van der Waals surface area contributed by atoms with Crippen LogP contribution in [0.1, 0.15) is 19.4 Å². The third-order valence-electron chi connectivity index (χ3n) is 5.14. The molecule has 0 fully saturated rings. The number of nitrogens with one attached hydrogen (secondary N) is 2. The molecule has 160 valence electrons. The normalized spacial score (nSPS) is 11.1. The van der Waals surface area contributed by atoms with Crippen molar-refractivity contribution in [2.45, 2.75) is 33.5 Å². The maximum Gasteiger partial charge on any atom is 0.332 e. The van der Waals surface area contributed by atoms with Gasteiger partial charge in [0, 0.05) is 31.4 Å². The minimum absolute atomic E-state index is 0.303. The molecule has 3 aromatic heterocycles. The predicted octanol–water partition coefficient (Wildman–Crippen LogP) is 2.61. The van der Waals surface area contributed by atoms with E-state index in [0.29, 0.717) is 42.4 Å². The molecular weight excluding hydrogens is 396 g/mol. The van der Waals surface area contributed by atoms with Crippen molar-refractivity contribution in [3.8, 4) is 17.1 Å². The molecule has 3 heterocycles. The van der Waals surface area contributed by atoms with Gasteiger partial charge < -0.3 is 15.0 Å². The van der Waals surface area contributed by atoms with Crippen molar-refractivity contribution in [3.05, 3.63) is 69.0 Å². The highest BCUT2D eigenvalue weighted by Gasteiger charge is 2.16. The zero-order valence-corrected chi connectivity index (χ0v) is 17.7. The molecule has 0 atom stereocenters. The number of benzene rings is 1. The highest BCUT2D eigenvalue weighted by Crippen LogP contribution is 2.20. The molecule has 0 amide bonds. The van der Waals surface area contributed by atoms with Gasteiger partial charge in [0.1, 0.15) is 22.9 Å². The lowest BCUT2D eigenvalue weighted by molar-refractivity contribution is 0.414. The summed E-state index contributed by atoms with van der Waals surface area (Å²) in [6.07, 6.45) is 1.68. The number of rotatable bonds is 7. The Morgan fingerprint density at radius 1 is 1.10 bits per heavy atom. The molecule has 0 unspecified atom stereocenters. The van der Waals surface area contributed by atoms with Crippen LogP contribution in [0.4, 0.5) is 5.82 Å². The van der Waals surface area contributed by atoms with Gasteiger partial charge in [-0.05, 0) is 43.7 Å². The summed E-state index contributed by atoms with van der Waals surface area (Å²) in [4.78, 5) is 37.2. The van der Waals surface area contributed by atoms with E-state index in [0.717, 1.165) is 16.9 Å². The van der Waals surface area contributed by atoms with E-state index in [1.165, 1.54) is 9.13 Å². The van der Waals surface area contributed by atoms with Crippen LogP contribution < -0.4 is 21.3 Å². The topological polar surface area (TPSA) is 107 Å². The van der Waals surface area contributed by atoms with Gasteiger partial charge in [0.25, 0.3) is 5.56 Å². The van der Waals surface area contributed by atoms with Crippen LogP contribution in [0, 0.1) is 0 Å². The smallest absolute Gasteiger partial charge is 0.332 e. The number of methoxy groups -OCH3 is 1. The summed E-state index contributed by atoms with van der Waals surface area (Å²) in [7, 11) is 1.64. The average Bonchev–Trinajstić information content (AvgIpc) is 3.24. The van der Waals surface area contributed by atoms with E-state index in [-0.39, 0.29) is 11.2 Å². The Bertz CT molecular complexity index is 1330. The Kier molecular flexibility index (Phi) is 5.57. The van der Waals surface area contributed by atoms with Gasteiger partial charge in [0.15, 0.2) is 5.65 Å². The lowest BCUT2D eigenvalue weighted by Gasteiger charge is -2.07. The summed E-state index contributed by atoms with van der Waals surface area (Å²) in [5, 5.41) is 3.27. The fourth-order valence-electron chi connectivity index (χ4n) is 3.48. The number of hydrogen-bond donors (Lipinski definition) is 2. The molecule has 0 aliphatic rings. The van der Waals surface area contributed by atoms with Crippen molar-refractivity contribution in [3.63, 3.8) is 0 Å². The van der Waals surface area contributed by atoms with Crippen LogP contribution >= 0.6 is 0 Å². The molecule has 4 rings (SSSR count). The fourth-order valence-corrected chi connectivity index (χ4v) is 3.48. The molecular formula is C22H24N6O3. The number of aromatic nitrogens is 5. The highest BCUT2D eigenvalue weighted by atomic mass is 16.5. The third-order valence-corrected chi connectivity index (χ3v) is 5.14. The van der Waals surface area contributed by atoms with E-state index < -0.39 is 0 Å². The van der Waals surface area contributed by atoms with Gasteiger partial charge in [-0.15, -0.1) is 0 Å². The lowest BCUT2D eigenvalue weighted by atomic mass is 10.2. The van der Waals surface area contributed by atoms with Crippen LogP contribution in [0.15, 0.2) is 52.2 Å². The molecule has 9 nitrogen and oxygen atoms in total. The maximum atomic E-state index is 12.7. The van der Waals surface area contributed by atoms with Gasteiger partial charge in [-0.2, -0.15) is 0 Å². The third kappa shape index (κ3) is 3.81. The highest BCUT2D eigenvalue weighted by molar-refractivity contribution is 5.75. The quantitative estimate of drug-likeness (QED) is 0.476. The van der Waals surface area contributed by atoms with Crippen molar-refractivity contribution >= 4 is 17.0 Å². The first-order valence-corrected chi connectivity index (χ1v) is 10.1. The van der Waals surface area contributed by atoms with Crippen LogP contribution in [-0.4, -0.2) is 31.2 Å². The molecule has 1 aromatic carbocycles. The first-order chi connectivity index (χ1) is 15.0. The molecule has 0 saturated heterocycles. The Morgan fingerprint density at radius 3 is 2.58 bits per heavy atom. The molecule has 2 N–H and O–H groups in total. The molecule has 0 radical (unpaired) electrons. The number of hydrogen-bond acceptors (Lipinski definition) is 6. The number of ether oxygens (including phenoxy) is 1. The largest absolute Gasteiger partial charge is 0.497 e. The average molecular weight is 420 g/mol. The molecule has 0 saturated carbocycles. The minimum Gasteiger partial charge on any atom is -0.497 e. The van der Waals surface area contributed by atoms with Crippen molar-refractivity contribution in [1.29, 1.82) is 0 Å². The van der Waals surface area contributed by atoms with Crippen molar-refractivity contribution in [2.24, 2.45) is 0 Å². The number of pyridine rings is 1. The van der Waals surface area contributed by atoms with Crippen molar-refractivity contribution in [1.82, 2.24) is 24.1 Å². The summed E-state index contributed by atoms with van der Waals surface area (Å²) in [6, 6.07) is 11.5. The van der Waals surface area contributed by atoms with E-state index in [1.807, 2.05) is 43.3 Å². The van der Waals surface area contributed by atoms with Gasteiger partial charge in [-0.25, -0.2) is 14.8 Å². The fraction of sp³-hybridized carbons (Fsp3) is 0.273. The second kappa shape index (κ2) is 8.47. The number of aryl methyl sites for hydroxylation is 1. The Hall–Kier alpha value is -3.88. The summed E-state index contributed by atoms with van der Waals surface area (Å²) in [5.74, 6) is 2.01. The SMILES string of the molecule is CCn1c(=O)c2[nH]c(-c3ccc(NCc4cccc(OC)c4)nc3)nc2n(CC)c1=O. The molecule has 4 aromatic rings. The van der Waals surface area contributed by atoms with Crippen molar-refractivity contribution < 1.29 is 4.74 Å². The van der Waals surface area contributed by atoms with Crippen LogP contribution in [0.2, 0.25) is 0 Å². The molecule has 0 aliphatic carbocycles. The van der Waals surface area contributed by atoms with Crippen LogP contribution in [0.3, 0.4) is 0 Å². The van der Waals surface area contributed by atoms with Crippen LogP contribution in [0.25, 0.3) is 22.6 Å². The van der Waals surface area contributed by atoms with Gasteiger partial charge in [0.05, 0.1) is 7.11 Å². The molecule has 0 spiro atoms. The van der Waals surface area contributed by atoms with Crippen LogP contribution in [-0.2, 0) is 19.6 Å². The standard InChI is InChI=1S/C22H24N6O3/c1-4-27-20-18(21(29)28(5-2)22(27)30)25-19(26-20)15-9-10-17(24-13-15)23-12-14-7-6-8-16(11-14)31-3/h6-11,13H,4-5,12H2,1-3H3,(H,23,24)(H,25,26). The molecule has 0 bridgehead atoms. The first kappa shape index (κ1) is 20.4. The summed E-state index contributed by atoms with van der Waals surface area (Å²) in [5.41, 5.74) is 1.76. The Balaban J connectivity index is 1.61. The summed E-state index contributed by atoms with van der Waals surface area (Å²) in [6.45, 7) is 4.95. The van der Waals surface area contributed by atoms with E-state index in [2.05, 4.69) is 20.3 Å². The number of nitrogens with zero attached hydrogens (tertiary/aromatic N) is 4. The summed E-state index contributed by atoms with van der Waals surface area (Å²) < 4.78 is 7.95. The zero-order chi connectivity index (χ0) is 22.0. The minimum atomic E-state index is -0.365. The summed E-state index contributed by atoms with van der Waals surface area (Å²) >= 11 is 0. The monoisotopic (exact) mass is 420 g/mol. The van der Waals surface area contributed by atoms with Gasteiger partial charge >= 0.3 is 5.69 Å². The van der Waals surface area contributed by atoms with E-state index >= 15 is 0 Å². The van der Waals surface area contributed by atoms with E-state index in [9.17, 15) is 9.59 Å². The van der Waals surface area contributed by atoms with Gasteiger partial charge in [0.2, 0.25) is 0 Å². The number of anilines is 1. The van der Waals surface area contributed by atoms with Gasteiger partial charge in [-0.3, -0.25) is 13.9 Å².